The van der Waals surface area contributed by atoms with Crippen molar-refractivity contribution < 1.29 is 9.47 Å². The van der Waals surface area contributed by atoms with Gasteiger partial charge in [0.1, 0.15) is 12.4 Å². The molecule has 0 atom stereocenters. The Morgan fingerprint density at radius 3 is 3.33 bits per heavy atom. The molecule has 48 valence electrons. The first-order valence-electron chi connectivity index (χ1n) is 3.10. The summed E-state index contributed by atoms with van der Waals surface area (Å²) in [7, 11) is 0. The average molecular weight is 124 g/mol. The van der Waals surface area contributed by atoms with Crippen LogP contribution in [0.3, 0.4) is 0 Å². The summed E-state index contributed by atoms with van der Waals surface area (Å²) in [5, 5.41) is 0. The first kappa shape index (κ1) is 4.91. The van der Waals surface area contributed by atoms with E-state index in [-0.39, 0.29) is 0 Å². The highest BCUT2D eigenvalue weighted by Gasteiger charge is 2.15. The van der Waals surface area contributed by atoms with Crippen molar-refractivity contribution in [1.29, 1.82) is 0 Å². The first-order chi connectivity index (χ1) is 4.47. The molecule has 0 amide bonds. The molecule has 0 bridgehead atoms. The summed E-state index contributed by atoms with van der Waals surface area (Å²) in [6.07, 6.45) is 4.76. The summed E-state index contributed by atoms with van der Waals surface area (Å²) >= 11 is 0. The van der Waals surface area contributed by atoms with Crippen molar-refractivity contribution in [2.75, 3.05) is 13.2 Å². The van der Waals surface area contributed by atoms with Gasteiger partial charge in [0.05, 0.1) is 12.9 Å². The number of ether oxygens (including phenoxy) is 2. The maximum absolute atomic E-state index is 5.26. The van der Waals surface area contributed by atoms with Gasteiger partial charge in [-0.1, -0.05) is 0 Å². The molecule has 0 spiro atoms. The zero-order chi connectivity index (χ0) is 6.10. The number of rotatable bonds is 0. The van der Waals surface area contributed by atoms with E-state index in [1.54, 1.807) is 6.26 Å². The summed E-state index contributed by atoms with van der Waals surface area (Å²) in [5.41, 5.74) is 1.31. The Morgan fingerprint density at radius 1 is 1.44 bits per heavy atom. The minimum absolute atomic E-state index is 0.631. The molecule has 0 aromatic heterocycles. The van der Waals surface area contributed by atoms with E-state index >= 15 is 0 Å². The Morgan fingerprint density at radius 2 is 2.44 bits per heavy atom. The lowest BCUT2D eigenvalue weighted by molar-refractivity contribution is 0.169. The number of allylic oxidation sites excluding steroid dienone is 1. The van der Waals surface area contributed by atoms with E-state index in [0.717, 1.165) is 18.8 Å². The molecule has 0 aromatic carbocycles. The molecule has 9 heavy (non-hydrogen) atoms. The second-order valence-electron chi connectivity index (χ2n) is 2.16. The lowest BCUT2D eigenvalue weighted by atomic mass is 10.2. The van der Waals surface area contributed by atoms with Gasteiger partial charge in [-0.2, -0.15) is 0 Å². The maximum Gasteiger partial charge on any atom is 0.145 e. The van der Waals surface area contributed by atoms with E-state index in [0.29, 0.717) is 6.61 Å². The molecule has 0 radical (unpaired) electrons. The maximum atomic E-state index is 5.26. The van der Waals surface area contributed by atoms with Gasteiger partial charge in [-0.05, 0) is 11.6 Å². The van der Waals surface area contributed by atoms with E-state index < -0.39 is 0 Å². The molecule has 0 saturated heterocycles. The lowest BCUT2D eigenvalue weighted by Gasteiger charge is -2.07. The van der Waals surface area contributed by atoms with Gasteiger partial charge in [0.15, 0.2) is 0 Å². The zero-order valence-corrected chi connectivity index (χ0v) is 5.09. The van der Waals surface area contributed by atoms with Crippen molar-refractivity contribution in [3.8, 4) is 0 Å². The normalized spacial score (nSPS) is 23.1. The minimum atomic E-state index is 0.631. The third kappa shape index (κ3) is 0.707. The van der Waals surface area contributed by atoms with Gasteiger partial charge in [-0.15, -0.1) is 0 Å². The van der Waals surface area contributed by atoms with Crippen LogP contribution in [0.15, 0.2) is 23.7 Å². The van der Waals surface area contributed by atoms with Crippen molar-refractivity contribution in [2.24, 2.45) is 0 Å². The van der Waals surface area contributed by atoms with Crippen molar-refractivity contribution >= 4 is 0 Å². The molecule has 0 fully saturated rings. The second-order valence-corrected chi connectivity index (χ2v) is 2.16. The van der Waals surface area contributed by atoms with Crippen molar-refractivity contribution in [3.05, 3.63) is 23.7 Å². The fraction of sp³-hybridized carbons (Fsp3) is 0.429. The van der Waals surface area contributed by atoms with Crippen LogP contribution in [0.5, 0.6) is 0 Å². The SMILES string of the molecule is C1=CC2=C(CO1)OCC2. The molecular weight excluding hydrogens is 116 g/mol. The van der Waals surface area contributed by atoms with Gasteiger partial charge in [0.25, 0.3) is 0 Å². The Balaban J connectivity index is 2.28. The smallest absolute Gasteiger partial charge is 0.145 e. The quantitative estimate of drug-likeness (QED) is 0.483. The monoisotopic (exact) mass is 124 g/mol. The van der Waals surface area contributed by atoms with Crippen LogP contribution in [0.25, 0.3) is 0 Å². The van der Waals surface area contributed by atoms with Crippen LogP contribution in [0.1, 0.15) is 6.42 Å². The minimum Gasteiger partial charge on any atom is -0.494 e. The second kappa shape index (κ2) is 1.79. The molecule has 2 aliphatic heterocycles. The van der Waals surface area contributed by atoms with E-state index in [4.69, 9.17) is 9.47 Å². The molecule has 2 aliphatic rings. The Bertz CT molecular complexity index is 179. The van der Waals surface area contributed by atoms with Gasteiger partial charge >= 0.3 is 0 Å². The predicted molar refractivity (Wildman–Crippen MR) is 32.7 cm³/mol. The summed E-state index contributed by atoms with van der Waals surface area (Å²) in [6.45, 7) is 1.46. The molecule has 0 aromatic rings. The molecule has 0 N–H and O–H groups in total. The molecule has 2 heterocycles. The fourth-order valence-electron chi connectivity index (χ4n) is 1.08. The largest absolute Gasteiger partial charge is 0.494 e. The van der Waals surface area contributed by atoms with Crippen LogP contribution in [0, 0.1) is 0 Å². The number of hydrogen-bond acceptors (Lipinski definition) is 2. The molecule has 0 saturated carbocycles. The van der Waals surface area contributed by atoms with E-state index in [1.807, 2.05) is 6.08 Å². The van der Waals surface area contributed by atoms with Crippen LogP contribution in [-0.4, -0.2) is 13.2 Å². The fourth-order valence-corrected chi connectivity index (χ4v) is 1.08. The van der Waals surface area contributed by atoms with Crippen LogP contribution >= 0.6 is 0 Å². The summed E-state index contributed by atoms with van der Waals surface area (Å²) < 4.78 is 10.3. The van der Waals surface area contributed by atoms with Gasteiger partial charge in [-0.25, -0.2) is 0 Å². The predicted octanol–water partition coefficient (Wildman–Crippen LogP) is 1.20. The first-order valence-corrected chi connectivity index (χ1v) is 3.10. The highest BCUT2D eigenvalue weighted by atomic mass is 16.5. The lowest BCUT2D eigenvalue weighted by Crippen LogP contribution is -1.98. The molecule has 2 heteroatoms. The Kier molecular flexibility index (Phi) is 0.979. The van der Waals surface area contributed by atoms with Crippen LogP contribution in [-0.2, 0) is 9.47 Å². The van der Waals surface area contributed by atoms with Crippen molar-refractivity contribution in [3.63, 3.8) is 0 Å². The molecule has 0 aliphatic carbocycles. The molecule has 0 unspecified atom stereocenters. The molecule has 2 nitrogen and oxygen atoms in total. The Hall–Kier alpha value is -0.920. The van der Waals surface area contributed by atoms with Crippen molar-refractivity contribution in [1.82, 2.24) is 0 Å². The van der Waals surface area contributed by atoms with Crippen molar-refractivity contribution in [2.45, 2.75) is 6.42 Å². The highest BCUT2D eigenvalue weighted by Crippen LogP contribution is 2.23. The topological polar surface area (TPSA) is 18.5 Å². The van der Waals surface area contributed by atoms with Gasteiger partial charge < -0.3 is 9.47 Å². The zero-order valence-electron chi connectivity index (χ0n) is 5.09. The van der Waals surface area contributed by atoms with E-state index in [9.17, 15) is 0 Å². The van der Waals surface area contributed by atoms with Crippen LogP contribution in [0.4, 0.5) is 0 Å². The van der Waals surface area contributed by atoms with Gasteiger partial charge in [0, 0.05) is 6.42 Å². The summed E-state index contributed by atoms with van der Waals surface area (Å²) in [5.74, 6) is 1.03. The average Bonchev–Trinajstić information content (AvgIpc) is 2.33. The van der Waals surface area contributed by atoms with E-state index in [2.05, 4.69) is 0 Å². The standard InChI is InChI=1S/C7H8O2/c1-3-8-5-7-6(1)2-4-9-7/h1,3H,2,4-5H2. The molecule has 2 rings (SSSR count). The molecular formula is C7H8O2. The Labute approximate surface area is 53.8 Å². The van der Waals surface area contributed by atoms with E-state index in [1.165, 1.54) is 5.57 Å². The number of hydrogen-bond donors (Lipinski definition) is 0. The van der Waals surface area contributed by atoms with Gasteiger partial charge in [-0.3, -0.25) is 0 Å². The van der Waals surface area contributed by atoms with Crippen LogP contribution in [0.2, 0.25) is 0 Å². The van der Waals surface area contributed by atoms with Gasteiger partial charge in [0.2, 0.25) is 0 Å². The third-order valence-electron chi connectivity index (χ3n) is 1.59. The summed E-state index contributed by atoms with van der Waals surface area (Å²) in [6, 6.07) is 0. The summed E-state index contributed by atoms with van der Waals surface area (Å²) in [4.78, 5) is 0. The highest BCUT2D eigenvalue weighted by molar-refractivity contribution is 5.26. The third-order valence-corrected chi connectivity index (χ3v) is 1.59. The van der Waals surface area contributed by atoms with Crippen LogP contribution < -0.4 is 0 Å².